The first kappa shape index (κ1) is 17.9. The van der Waals surface area contributed by atoms with Gasteiger partial charge in [0.1, 0.15) is 0 Å². The summed E-state index contributed by atoms with van der Waals surface area (Å²) in [5, 5.41) is 15.7. The number of benzene rings is 1. The summed E-state index contributed by atoms with van der Waals surface area (Å²) in [6.45, 7) is 2.22. The molecule has 3 rings (SSSR count). The third kappa shape index (κ3) is 3.83. The van der Waals surface area contributed by atoms with Gasteiger partial charge in [-0.25, -0.2) is 4.79 Å². The van der Waals surface area contributed by atoms with Crippen LogP contribution in [0.4, 0.5) is 5.69 Å². The van der Waals surface area contributed by atoms with Crippen molar-refractivity contribution in [3.05, 3.63) is 61.3 Å². The predicted octanol–water partition coefficient (Wildman–Crippen LogP) is 3.22. The minimum absolute atomic E-state index is 0.0551. The van der Waals surface area contributed by atoms with Crippen molar-refractivity contribution in [2.24, 2.45) is 0 Å². The number of nitro groups is 1. The molecule has 0 bridgehead atoms. The Balaban J connectivity index is 1.61. The zero-order chi connectivity index (χ0) is 18.7. The van der Waals surface area contributed by atoms with E-state index in [0.717, 1.165) is 4.88 Å². The molecule has 3 aromatic rings. The molecule has 0 aliphatic carbocycles. The van der Waals surface area contributed by atoms with Gasteiger partial charge in [0.2, 0.25) is 5.91 Å². The largest absolute Gasteiger partial charge is 0.419 e. The molecule has 26 heavy (non-hydrogen) atoms. The Labute approximate surface area is 152 Å². The molecule has 0 saturated carbocycles. The van der Waals surface area contributed by atoms with Crippen LogP contribution in [-0.4, -0.2) is 15.4 Å². The second-order valence-corrected chi connectivity index (χ2v) is 6.82. The van der Waals surface area contributed by atoms with Crippen molar-refractivity contribution in [2.75, 3.05) is 0 Å². The van der Waals surface area contributed by atoms with E-state index in [1.54, 1.807) is 11.3 Å². The molecule has 1 N–H and O–H groups in total. The summed E-state index contributed by atoms with van der Waals surface area (Å²) in [4.78, 5) is 35.3. The lowest BCUT2D eigenvalue weighted by molar-refractivity contribution is -0.384. The molecular weight excluding hydrogens is 358 g/mol. The highest BCUT2D eigenvalue weighted by Crippen LogP contribution is 2.21. The SMILES string of the molecule is CC(NC(=O)CCCn1c(=O)oc2cc([N+](=O)[O-])ccc21)c1cccs1. The standard InChI is InChI=1S/C17H17N3O5S/c1-11(15-4-3-9-26-15)18-16(21)5-2-8-19-13-7-6-12(20(23)24)10-14(13)25-17(19)22/h3-4,6-7,9-11H,2,5,8H2,1H3,(H,18,21). The van der Waals surface area contributed by atoms with Crippen LogP contribution < -0.4 is 11.1 Å². The molecule has 9 heteroatoms. The molecule has 2 aromatic heterocycles. The van der Waals surface area contributed by atoms with E-state index in [4.69, 9.17) is 4.42 Å². The van der Waals surface area contributed by atoms with E-state index in [2.05, 4.69) is 5.32 Å². The summed E-state index contributed by atoms with van der Waals surface area (Å²) >= 11 is 1.58. The number of hydrogen-bond donors (Lipinski definition) is 1. The number of nitro benzene ring substituents is 1. The van der Waals surface area contributed by atoms with Crippen LogP contribution >= 0.6 is 11.3 Å². The Hall–Kier alpha value is -2.94. The average molecular weight is 375 g/mol. The molecule has 0 spiro atoms. The molecule has 0 aliphatic rings. The number of amides is 1. The van der Waals surface area contributed by atoms with E-state index in [-0.39, 0.29) is 29.6 Å². The van der Waals surface area contributed by atoms with Crippen molar-refractivity contribution >= 4 is 34.0 Å². The molecule has 0 radical (unpaired) electrons. The quantitative estimate of drug-likeness (QED) is 0.504. The van der Waals surface area contributed by atoms with Crippen LogP contribution in [0.3, 0.4) is 0 Å². The molecule has 0 saturated heterocycles. The van der Waals surface area contributed by atoms with Gasteiger partial charge in [-0.1, -0.05) is 6.07 Å². The van der Waals surface area contributed by atoms with Crippen molar-refractivity contribution in [1.82, 2.24) is 9.88 Å². The minimum atomic E-state index is -0.590. The first-order valence-corrected chi connectivity index (χ1v) is 8.94. The lowest BCUT2D eigenvalue weighted by Gasteiger charge is -2.12. The summed E-state index contributed by atoms with van der Waals surface area (Å²) in [6.07, 6.45) is 0.719. The van der Waals surface area contributed by atoms with Crippen molar-refractivity contribution in [1.29, 1.82) is 0 Å². The second-order valence-electron chi connectivity index (χ2n) is 5.84. The first-order chi connectivity index (χ1) is 12.5. The molecule has 2 heterocycles. The Kier molecular flexibility index (Phi) is 5.17. The molecule has 1 aromatic carbocycles. The molecule has 0 fully saturated rings. The zero-order valence-electron chi connectivity index (χ0n) is 14.0. The number of rotatable bonds is 7. The third-order valence-electron chi connectivity index (χ3n) is 4.00. The number of nitrogens with one attached hydrogen (secondary N) is 1. The number of carbonyl (C=O) groups is 1. The number of fused-ring (bicyclic) bond motifs is 1. The zero-order valence-corrected chi connectivity index (χ0v) is 14.8. The van der Waals surface area contributed by atoms with Gasteiger partial charge >= 0.3 is 5.76 Å². The van der Waals surface area contributed by atoms with Gasteiger partial charge in [0.05, 0.1) is 22.5 Å². The van der Waals surface area contributed by atoms with Gasteiger partial charge in [0.15, 0.2) is 5.58 Å². The highest BCUT2D eigenvalue weighted by Gasteiger charge is 2.15. The summed E-state index contributed by atoms with van der Waals surface area (Å²) in [5.74, 6) is -0.685. The van der Waals surface area contributed by atoms with Crippen LogP contribution in [0.25, 0.3) is 11.1 Å². The third-order valence-corrected chi connectivity index (χ3v) is 5.05. The maximum Gasteiger partial charge on any atom is 0.419 e. The fourth-order valence-corrected chi connectivity index (χ4v) is 3.43. The van der Waals surface area contributed by atoms with E-state index < -0.39 is 10.7 Å². The van der Waals surface area contributed by atoms with E-state index in [0.29, 0.717) is 18.5 Å². The van der Waals surface area contributed by atoms with Crippen molar-refractivity contribution in [3.8, 4) is 0 Å². The van der Waals surface area contributed by atoms with Gasteiger partial charge in [0, 0.05) is 23.9 Å². The first-order valence-electron chi connectivity index (χ1n) is 8.06. The number of aromatic nitrogens is 1. The Morgan fingerprint density at radius 1 is 1.42 bits per heavy atom. The average Bonchev–Trinajstić information content (AvgIpc) is 3.22. The second kappa shape index (κ2) is 7.52. The topological polar surface area (TPSA) is 107 Å². The van der Waals surface area contributed by atoms with Gasteiger partial charge in [-0.05, 0) is 30.9 Å². The molecule has 8 nitrogen and oxygen atoms in total. The number of thiophene rings is 1. The Bertz CT molecular complexity index is 990. The van der Waals surface area contributed by atoms with E-state index in [1.807, 2.05) is 24.4 Å². The van der Waals surface area contributed by atoms with Crippen LogP contribution in [0.1, 0.15) is 30.7 Å². The van der Waals surface area contributed by atoms with Crippen molar-refractivity contribution in [2.45, 2.75) is 32.4 Å². The van der Waals surface area contributed by atoms with E-state index in [1.165, 1.54) is 22.8 Å². The minimum Gasteiger partial charge on any atom is -0.407 e. The van der Waals surface area contributed by atoms with Gasteiger partial charge in [-0.3, -0.25) is 19.5 Å². The highest BCUT2D eigenvalue weighted by atomic mass is 32.1. The van der Waals surface area contributed by atoms with Gasteiger partial charge in [-0.2, -0.15) is 0 Å². The Morgan fingerprint density at radius 2 is 2.23 bits per heavy atom. The van der Waals surface area contributed by atoms with Crippen LogP contribution in [0.5, 0.6) is 0 Å². The highest BCUT2D eigenvalue weighted by molar-refractivity contribution is 7.10. The number of non-ortho nitro benzene ring substituents is 1. The van der Waals surface area contributed by atoms with Gasteiger partial charge in [-0.15, -0.1) is 11.3 Å². The summed E-state index contributed by atoms with van der Waals surface area (Å²) in [5.41, 5.74) is 0.508. The fraction of sp³-hybridized carbons (Fsp3) is 0.294. The summed E-state index contributed by atoms with van der Waals surface area (Å²) < 4.78 is 6.45. The van der Waals surface area contributed by atoms with Crippen LogP contribution in [0, 0.1) is 10.1 Å². The number of nitrogens with zero attached hydrogens (tertiary/aromatic N) is 2. The summed E-state index contributed by atoms with van der Waals surface area (Å²) in [7, 11) is 0. The van der Waals surface area contributed by atoms with Crippen molar-refractivity contribution in [3.63, 3.8) is 0 Å². The molecule has 1 amide bonds. The number of aryl methyl sites for hydroxylation is 1. The number of oxazole rings is 1. The maximum atomic E-state index is 12.1. The molecule has 1 unspecified atom stereocenters. The molecule has 1 atom stereocenters. The van der Waals surface area contributed by atoms with Crippen LogP contribution in [0.2, 0.25) is 0 Å². The Morgan fingerprint density at radius 3 is 2.92 bits per heavy atom. The number of hydrogen-bond acceptors (Lipinski definition) is 6. The number of carbonyl (C=O) groups excluding carboxylic acids is 1. The summed E-state index contributed by atoms with van der Waals surface area (Å²) in [6, 6.07) is 7.87. The maximum absolute atomic E-state index is 12.1. The molecule has 0 aliphatic heterocycles. The normalized spacial score (nSPS) is 12.2. The van der Waals surface area contributed by atoms with E-state index >= 15 is 0 Å². The lowest BCUT2D eigenvalue weighted by Crippen LogP contribution is -2.26. The predicted molar refractivity (Wildman–Crippen MR) is 97.2 cm³/mol. The van der Waals surface area contributed by atoms with Crippen LogP contribution in [-0.2, 0) is 11.3 Å². The van der Waals surface area contributed by atoms with Crippen LogP contribution in [0.15, 0.2) is 44.9 Å². The molecular formula is C17H17N3O5S. The van der Waals surface area contributed by atoms with E-state index in [9.17, 15) is 19.7 Å². The van der Waals surface area contributed by atoms with Gasteiger partial charge in [0.25, 0.3) is 5.69 Å². The molecule has 136 valence electrons. The monoisotopic (exact) mass is 375 g/mol. The van der Waals surface area contributed by atoms with Crippen molar-refractivity contribution < 1.29 is 14.1 Å². The van der Waals surface area contributed by atoms with Gasteiger partial charge < -0.3 is 9.73 Å². The smallest absolute Gasteiger partial charge is 0.407 e. The lowest BCUT2D eigenvalue weighted by atomic mass is 10.2. The fourth-order valence-electron chi connectivity index (χ4n) is 2.70.